The number of halogens is 1. The summed E-state index contributed by atoms with van der Waals surface area (Å²) in [5.41, 5.74) is 2.12. The minimum absolute atomic E-state index is 0.0188. The highest BCUT2D eigenvalue weighted by molar-refractivity contribution is 7.89. The minimum atomic E-state index is -3.78. The van der Waals surface area contributed by atoms with Crippen LogP contribution in [0.3, 0.4) is 0 Å². The van der Waals surface area contributed by atoms with E-state index in [0.29, 0.717) is 13.1 Å². The Labute approximate surface area is 200 Å². The molecule has 5 nitrogen and oxygen atoms in total. The van der Waals surface area contributed by atoms with E-state index in [1.54, 1.807) is 6.07 Å². The molecule has 1 N–H and O–H groups in total. The zero-order chi connectivity index (χ0) is 23.3. The fraction of sp³-hybridized carbons (Fsp3) is 0.269. The first kappa shape index (κ1) is 23.5. The Balaban J connectivity index is 1.64. The van der Waals surface area contributed by atoms with Gasteiger partial charge in [-0.25, -0.2) is 8.42 Å². The van der Waals surface area contributed by atoms with Gasteiger partial charge in [-0.2, -0.15) is 4.31 Å². The topological polar surface area (TPSA) is 66.5 Å². The molecule has 3 aromatic rings. The van der Waals surface area contributed by atoms with Gasteiger partial charge in [0.25, 0.3) is 5.91 Å². The first-order chi connectivity index (χ1) is 16.0. The van der Waals surface area contributed by atoms with E-state index in [0.717, 1.165) is 36.8 Å². The number of nitrogens with one attached hydrogen (secondary N) is 1. The van der Waals surface area contributed by atoms with Crippen molar-refractivity contribution in [2.75, 3.05) is 13.1 Å². The van der Waals surface area contributed by atoms with Crippen molar-refractivity contribution in [3.63, 3.8) is 0 Å². The Morgan fingerprint density at radius 1 is 0.818 bits per heavy atom. The number of carbonyl (C=O) groups is 1. The molecule has 1 fully saturated rings. The molecule has 1 saturated heterocycles. The van der Waals surface area contributed by atoms with Gasteiger partial charge in [-0.15, -0.1) is 0 Å². The molecule has 33 heavy (non-hydrogen) atoms. The van der Waals surface area contributed by atoms with E-state index < -0.39 is 10.0 Å². The van der Waals surface area contributed by atoms with Crippen molar-refractivity contribution in [1.29, 1.82) is 0 Å². The van der Waals surface area contributed by atoms with E-state index in [1.165, 1.54) is 16.4 Å². The van der Waals surface area contributed by atoms with Crippen molar-refractivity contribution in [2.24, 2.45) is 0 Å². The van der Waals surface area contributed by atoms with Crippen molar-refractivity contribution in [3.05, 3.63) is 101 Å². The van der Waals surface area contributed by atoms with Gasteiger partial charge >= 0.3 is 0 Å². The summed E-state index contributed by atoms with van der Waals surface area (Å²) >= 11 is 6.31. The number of sulfonamides is 1. The molecule has 172 valence electrons. The lowest BCUT2D eigenvalue weighted by atomic mass is 9.98. The molecule has 7 heteroatoms. The molecule has 0 atom stereocenters. The number of hydrogen-bond acceptors (Lipinski definition) is 3. The largest absolute Gasteiger partial charge is 0.341 e. The number of benzene rings is 3. The smallest absolute Gasteiger partial charge is 0.252 e. The number of amides is 1. The van der Waals surface area contributed by atoms with Gasteiger partial charge < -0.3 is 5.32 Å². The zero-order valence-electron chi connectivity index (χ0n) is 18.3. The third-order valence-electron chi connectivity index (χ3n) is 5.92. The Bertz CT molecular complexity index is 1150. The second-order valence-electron chi connectivity index (χ2n) is 8.19. The zero-order valence-corrected chi connectivity index (χ0v) is 19.9. The summed E-state index contributed by atoms with van der Waals surface area (Å²) in [5.74, 6) is -0.364. The maximum absolute atomic E-state index is 13.3. The van der Waals surface area contributed by atoms with Crippen molar-refractivity contribution in [1.82, 2.24) is 9.62 Å². The Hall–Kier alpha value is -2.67. The van der Waals surface area contributed by atoms with Crippen LogP contribution in [-0.2, 0) is 10.0 Å². The standard InChI is InChI=1S/C26H27ClN2O3S/c27-23-16-15-22(19-24(23)33(31,32)29-17-9-1-2-10-18-29)26(30)28-25(20-11-5-3-6-12-20)21-13-7-4-8-14-21/h3-8,11-16,19,25H,1-2,9-10,17-18H2,(H,28,30). The predicted molar refractivity (Wildman–Crippen MR) is 131 cm³/mol. The Morgan fingerprint density at radius 2 is 1.36 bits per heavy atom. The predicted octanol–water partition coefficient (Wildman–Crippen LogP) is 5.42. The van der Waals surface area contributed by atoms with Crippen LogP contribution in [-0.4, -0.2) is 31.7 Å². The fourth-order valence-corrected chi connectivity index (χ4v) is 6.15. The van der Waals surface area contributed by atoms with Crippen LogP contribution in [0, 0.1) is 0 Å². The highest BCUT2D eigenvalue weighted by Crippen LogP contribution is 2.28. The first-order valence-electron chi connectivity index (χ1n) is 11.2. The van der Waals surface area contributed by atoms with Gasteiger partial charge in [-0.3, -0.25) is 4.79 Å². The van der Waals surface area contributed by atoms with Crippen molar-refractivity contribution in [3.8, 4) is 0 Å². The summed E-state index contributed by atoms with van der Waals surface area (Å²) in [6, 6.07) is 23.4. The maximum atomic E-state index is 13.3. The van der Waals surface area contributed by atoms with Crippen molar-refractivity contribution >= 4 is 27.5 Å². The quantitative estimate of drug-likeness (QED) is 0.509. The van der Waals surface area contributed by atoms with E-state index >= 15 is 0 Å². The van der Waals surface area contributed by atoms with Crippen LogP contribution in [0.5, 0.6) is 0 Å². The summed E-state index contributed by atoms with van der Waals surface area (Å²) in [7, 11) is -3.78. The minimum Gasteiger partial charge on any atom is -0.341 e. The van der Waals surface area contributed by atoms with Crippen LogP contribution in [0.1, 0.15) is 53.2 Å². The molecule has 1 amide bonds. The molecule has 0 aliphatic carbocycles. The van der Waals surface area contributed by atoms with Crippen LogP contribution < -0.4 is 5.32 Å². The first-order valence-corrected chi connectivity index (χ1v) is 13.0. The summed E-state index contributed by atoms with van der Waals surface area (Å²) in [6.07, 6.45) is 3.69. The van der Waals surface area contributed by atoms with Gasteiger partial charge in [-0.1, -0.05) is 85.1 Å². The molecule has 0 bridgehead atoms. The monoisotopic (exact) mass is 482 g/mol. The van der Waals surface area contributed by atoms with Crippen LogP contribution in [0.4, 0.5) is 0 Å². The molecule has 3 aromatic carbocycles. The average Bonchev–Trinajstić information content (AvgIpc) is 3.14. The molecular weight excluding hydrogens is 456 g/mol. The molecule has 1 heterocycles. The second kappa shape index (κ2) is 10.5. The van der Waals surface area contributed by atoms with Crippen LogP contribution >= 0.6 is 11.6 Å². The Kier molecular flexibility index (Phi) is 7.48. The van der Waals surface area contributed by atoms with Gasteiger partial charge in [-0.05, 0) is 42.2 Å². The molecule has 0 aromatic heterocycles. The number of carbonyl (C=O) groups excluding carboxylic acids is 1. The highest BCUT2D eigenvalue weighted by Gasteiger charge is 2.28. The van der Waals surface area contributed by atoms with Gasteiger partial charge in [0, 0.05) is 18.7 Å². The Morgan fingerprint density at radius 3 is 1.91 bits per heavy atom. The summed E-state index contributed by atoms with van der Waals surface area (Å²) in [6.45, 7) is 0.943. The van der Waals surface area contributed by atoms with Crippen LogP contribution in [0.15, 0.2) is 83.8 Å². The number of nitrogens with zero attached hydrogens (tertiary/aromatic N) is 1. The van der Waals surface area contributed by atoms with Crippen molar-refractivity contribution < 1.29 is 13.2 Å². The van der Waals surface area contributed by atoms with E-state index in [9.17, 15) is 13.2 Å². The lowest BCUT2D eigenvalue weighted by molar-refractivity contribution is 0.0942. The van der Waals surface area contributed by atoms with Gasteiger partial charge in [0.05, 0.1) is 11.1 Å². The lowest BCUT2D eigenvalue weighted by Gasteiger charge is -2.22. The number of hydrogen-bond donors (Lipinski definition) is 1. The normalized spacial score (nSPS) is 15.2. The molecule has 0 saturated carbocycles. The molecule has 0 spiro atoms. The third-order valence-corrected chi connectivity index (χ3v) is 8.30. The average molecular weight is 483 g/mol. The van der Waals surface area contributed by atoms with Crippen LogP contribution in [0.2, 0.25) is 5.02 Å². The maximum Gasteiger partial charge on any atom is 0.252 e. The molecular formula is C26H27ClN2O3S. The highest BCUT2D eigenvalue weighted by atomic mass is 35.5. The van der Waals surface area contributed by atoms with E-state index in [1.807, 2.05) is 60.7 Å². The molecule has 1 aliphatic rings. The van der Waals surface area contributed by atoms with E-state index in [2.05, 4.69) is 5.32 Å². The third kappa shape index (κ3) is 5.46. The van der Waals surface area contributed by atoms with Crippen LogP contribution in [0.25, 0.3) is 0 Å². The van der Waals surface area contributed by atoms with Crippen molar-refractivity contribution in [2.45, 2.75) is 36.6 Å². The molecule has 0 unspecified atom stereocenters. The number of rotatable bonds is 6. The summed E-state index contributed by atoms with van der Waals surface area (Å²) in [5, 5.41) is 3.19. The SMILES string of the molecule is O=C(NC(c1ccccc1)c1ccccc1)c1ccc(Cl)c(S(=O)(=O)N2CCCCCC2)c1. The summed E-state index contributed by atoms with van der Waals surface area (Å²) in [4.78, 5) is 13.2. The van der Waals surface area contributed by atoms with Gasteiger partial charge in [0.15, 0.2) is 0 Å². The van der Waals surface area contributed by atoms with Gasteiger partial charge in [0.2, 0.25) is 10.0 Å². The fourth-order valence-electron chi connectivity index (χ4n) is 4.13. The summed E-state index contributed by atoms with van der Waals surface area (Å²) < 4.78 is 28.1. The molecule has 4 rings (SSSR count). The van der Waals surface area contributed by atoms with E-state index in [-0.39, 0.29) is 27.4 Å². The van der Waals surface area contributed by atoms with E-state index in [4.69, 9.17) is 11.6 Å². The lowest BCUT2D eigenvalue weighted by Crippen LogP contribution is -2.33. The molecule has 0 radical (unpaired) electrons. The second-order valence-corrected chi connectivity index (χ2v) is 10.5. The molecule has 1 aliphatic heterocycles. The van der Waals surface area contributed by atoms with Gasteiger partial charge in [0.1, 0.15) is 4.90 Å².